The Kier molecular flexibility index (Phi) is 6.33. The third-order valence-corrected chi connectivity index (χ3v) is 3.36. The minimum Gasteiger partial charge on any atom is -0.409 e. The van der Waals surface area contributed by atoms with E-state index in [9.17, 15) is 0 Å². The van der Waals surface area contributed by atoms with E-state index in [0.717, 1.165) is 25.8 Å². The van der Waals surface area contributed by atoms with Crippen LogP contribution in [0.4, 0.5) is 0 Å². The molecule has 4 nitrogen and oxygen atoms in total. The quantitative estimate of drug-likeness (QED) is 0.219. The summed E-state index contributed by atoms with van der Waals surface area (Å²) in [4.78, 5) is 0. The van der Waals surface area contributed by atoms with Gasteiger partial charge in [0, 0.05) is 11.0 Å². The summed E-state index contributed by atoms with van der Waals surface area (Å²) < 4.78 is 0. The number of nitrogens with one attached hydrogen (secondary N) is 1. The van der Waals surface area contributed by atoms with Gasteiger partial charge in [0.25, 0.3) is 0 Å². The predicted molar refractivity (Wildman–Crippen MR) is 82.6 cm³/mol. The Morgan fingerprint density at radius 1 is 1.11 bits per heavy atom. The average molecular weight is 271 g/mol. The summed E-state index contributed by atoms with van der Waals surface area (Å²) in [5.74, 6) is 0.307. The van der Waals surface area contributed by atoms with E-state index in [2.05, 4.69) is 45.1 Å². The van der Waals surface area contributed by atoms with Crippen molar-refractivity contribution in [3.63, 3.8) is 0 Å². The van der Waals surface area contributed by atoms with Gasteiger partial charge in [-0.3, -0.25) is 0 Å². The van der Waals surface area contributed by atoms with E-state index in [4.69, 9.17) is 10.9 Å². The number of nitrogens with two attached hydrogens (primary N) is 1. The van der Waals surface area contributed by atoms with Crippen LogP contribution < -0.4 is 11.1 Å². The van der Waals surface area contributed by atoms with Crippen molar-refractivity contribution in [1.82, 2.24) is 5.32 Å². The summed E-state index contributed by atoms with van der Waals surface area (Å²) in [6.07, 6.45) is 3.04. The maximum Gasteiger partial charge on any atom is 0.144 e. The van der Waals surface area contributed by atoms with Crippen LogP contribution >= 0.6 is 0 Å². The fourth-order valence-electron chi connectivity index (χ4n) is 2.61. The molecule has 114 valence electrons. The van der Waals surface area contributed by atoms with Crippen molar-refractivity contribution in [2.24, 2.45) is 21.7 Å². The monoisotopic (exact) mass is 271 g/mol. The number of hydrogen-bond acceptors (Lipinski definition) is 3. The molecule has 0 unspecified atom stereocenters. The largest absolute Gasteiger partial charge is 0.409 e. The van der Waals surface area contributed by atoms with Crippen LogP contribution in [0.1, 0.15) is 67.7 Å². The molecule has 4 heteroatoms. The van der Waals surface area contributed by atoms with Gasteiger partial charge >= 0.3 is 0 Å². The summed E-state index contributed by atoms with van der Waals surface area (Å²) in [5, 5.41) is 15.4. The molecule has 19 heavy (non-hydrogen) atoms. The molecule has 0 aromatic heterocycles. The van der Waals surface area contributed by atoms with Crippen molar-refractivity contribution >= 4 is 5.84 Å². The van der Waals surface area contributed by atoms with Gasteiger partial charge in [-0.2, -0.15) is 0 Å². The van der Waals surface area contributed by atoms with Gasteiger partial charge in [-0.1, -0.05) is 39.8 Å². The minimum atomic E-state index is -0.245. The highest BCUT2D eigenvalue weighted by molar-refractivity contribution is 5.85. The Balaban J connectivity index is 4.11. The van der Waals surface area contributed by atoms with Crippen LogP contribution in [-0.2, 0) is 0 Å². The molecule has 0 spiro atoms. The standard InChI is InChI=1S/C15H33N3O/c1-13(2,3)11-15(6,7)17-10-8-9-14(4,5)12(16)18-19/h17,19H,8-11H2,1-7H3,(H2,16,18). The second-order valence-corrected chi connectivity index (χ2v) is 8.02. The summed E-state index contributed by atoms with van der Waals surface area (Å²) in [6, 6.07) is 0. The lowest BCUT2D eigenvalue weighted by Gasteiger charge is -2.34. The smallest absolute Gasteiger partial charge is 0.144 e. The number of amidine groups is 1. The van der Waals surface area contributed by atoms with E-state index in [1.807, 2.05) is 13.8 Å². The first-order chi connectivity index (χ1) is 8.40. The lowest BCUT2D eigenvalue weighted by molar-refractivity contribution is 0.239. The molecule has 0 rings (SSSR count). The molecule has 0 aliphatic rings. The predicted octanol–water partition coefficient (Wildman–Crippen LogP) is 3.34. The highest BCUT2D eigenvalue weighted by atomic mass is 16.4. The normalized spacial score (nSPS) is 14.8. The summed E-state index contributed by atoms with van der Waals surface area (Å²) in [6.45, 7) is 16.2. The van der Waals surface area contributed by atoms with Gasteiger partial charge in [0.05, 0.1) is 0 Å². The van der Waals surface area contributed by atoms with E-state index in [-0.39, 0.29) is 11.0 Å². The SMILES string of the molecule is CC(C)(C)CC(C)(C)NCCCC(C)(C)C(N)=NO. The minimum absolute atomic E-state index is 0.138. The second-order valence-electron chi connectivity index (χ2n) is 8.02. The van der Waals surface area contributed by atoms with Gasteiger partial charge in [0.2, 0.25) is 0 Å². The molecule has 0 saturated carbocycles. The maximum atomic E-state index is 8.73. The zero-order valence-electron chi connectivity index (χ0n) is 13.8. The van der Waals surface area contributed by atoms with Crippen molar-refractivity contribution in [1.29, 1.82) is 0 Å². The third-order valence-electron chi connectivity index (χ3n) is 3.36. The van der Waals surface area contributed by atoms with Crippen LogP contribution in [0, 0.1) is 10.8 Å². The van der Waals surface area contributed by atoms with Crippen LogP contribution in [0.25, 0.3) is 0 Å². The van der Waals surface area contributed by atoms with Crippen LogP contribution in [0.2, 0.25) is 0 Å². The van der Waals surface area contributed by atoms with Gasteiger partial charge in [-0.25, -0.2) is 0 Å². The van der Waals surface area contributed by atoms with Crippen molar-refractivity contribution in [3.05, 3.63) is 0 Å². The third kappa shape index (κ3) is 8.09. The molecule has 0 atom stereocenters. The lowest BCUT2D eigenvalue weighted by atomic mass is 9.81. The molecule has 0 amide bonds. The summed E-state index contributed by atoms with van der Waals surface area (Å²) in [7, 11) is 0. The van der Waals surface area contributed by atoms with Gasteiger partial charge in [0.1, 0.15) is 5.84 Å². The van der Waals surface area contributed by atoms with Crippen molar-refractivity contribution in [3.8, 4) is 0 Å². The van der Waals surface area contributed by atoms with E-state index >= 15 is 0 Å². The highest BCUT2D eigenvalue weighted by Crippen LogP contribution is 2.27. The average Bonchev–Trinajstić information content (AvgIpc) is 2.20. The maximum absolute atomic E-state index is 8.73. The summed E-state index contributed by atoms with van der Waals surface area (Å²) >= 11 is 0. The van der Waals surface area contributed by atoms with Crippen LogP contribution in [0.5, 0.6) is 0 Å². The zero-order valence-corrected chi connectivity index (χ0v) is 13.8. The van der Waals surface area contributed by atoms with Crippen LogP contribution in [0.3, 0.4) is 0 Å². The molecule has 0 aromatic rings. The first-order valence-corrected chi connectivity index (χ1v) is 7.13. The first-order valence-electron chi connectivity index (χ1n) is 7.13. The van der Waals surface area contributed by atoms with E-state index in [1.54, 1.807) is 0 Å². The van der Waals surface area contributed by atoms with Crippen LogP contribution in [-0.4, -0.2) is 23.1 Å². The van der Waals surface area contributed by atoms with E-state index in [1.165, 1.54) is 0 Å². The molecular formula is C15H33N3O. The van der Waals surface area contributed by atoms with Gasteiger partial charge in [0.15, 0.2) is 0 Å². The molecule has 0 aliphatic heterocycles. The fourth-order valence-corrected chi connectivity index (χ4v) is 2.61. The Hall–Kier alpha value is -0.770. The number of oxime groups is 1. The van der Waals surface area contributed by atoms with Gasteiger partial charge < -0.3 is 16.3 Å². The fraction of sp³-hybridized carbons (Fsp3) is 0.933. The van der Waals surface area contributed by atoms with Crippen molar-refractivity contribution in [2.45, 2.75) is 73.3 Å². The van der Waals surface area contributed by atoms with Crippen molar-refractivity contribution < 1.29 is 5.21 Å². The highest BCUT2D eigenvalue weighted by Gasteiger charge is 2.26. The second kappa shape index (κ2) is 6.60. The lowest BCUT2D eigenvalue weighted by Crippen LogP contribution is -2.43. The molecule has 0 bridgehead atoms. The van der Waals surface area contributed by atoms with E-state index in [0.29, 0.717) is 11.3 Å². The van der Waals surface area contributed by atoms with Crippen molar-refractivity contribution in [2.75, 3.05) is 6.54 Å². The van der Waals surface area contributed by atoms with E-state index < -0.39 is 0 Å². The Morgan fingerprint density at radius 3 is 2.05 bits per heavy atom. The number of rotatable bonds is 7. The number of nitrogens with zero attached hydrogens (tertiary/aromatic N) is 1. The molecular weight excluding hydrogens is 238 g/mol. The Labute approximate surface area is 118 Å². The van der Waals surface area contributed by atoms with Crippen LogP contribution in [0.15, 0.2) is 5.16 Å². The molecule has 0 heterocycles. The topological polar surface area (TPSA) is 70.6 Å². The molecule has 0 aromatic carbocycles. The molecule has 0 saturated heterocycles. The zero-order chi connectivity index (χ0) is 15.3. The Bertz CT molecular complexity index is 301. The Morgan fingerprint density at radius 2 is 1.63 bits per heavy atom. The molecule has 0 radical (unpaired) electrons. The number of hydrogen-bond donors (Lipinski definition) is 3. The summed E-state index contributed by atoms with van der Waals surface area (Å²) in [5.41, 5.74) is 5.90. The first kappa shape index (κ1) is 18.2. The molecule has 0 fully saturated rings. The van der Waals surface area contributed by atoms with Gasteiger partial charge in [-0.15, -0.1) is 0 Å². The van der Waals surface area contributed by atoms with Gasteiger partial charge in [-0.05, 0) is 45.1 Å². The molecule has 4 N–H and O–H groups in total. The molecule has 0 aliphatic carbocycles.